The minimum atomic E-state index is -0.439. The van der Waals surface area contributed by atoms with Crippen molar-refractivity contribution in [3.63, 3.8) is 0 Å². The average molecular weight is 397 g/mol. The molecule has 2 amide bonds. The monoisotopic (exact) mass is 397 g/mol. The molecule has 1 heterocycles. The number of halogens is 1. The summed E-state index contributed by atoms with van der Waals surface area (Å²) >= 11 is 0. The second kappa shape index (κ2) is 9.65. The van der Waals surface area contributed by atoms with Gasteiger partial charge in [-0.15, -0.1) is 0 Å². The summed E-state index contributed by atoms with van der Waals surface area (Å²) < 4.78 is 13.6. The number of piperidine rings is 1. The fraction of sp³-hybridized carbons (Fsp3) is 0.391. The Morgan fingerprint density at radius 3 is 2.55 bits per heavy atom. The predicted molar refractivity (Wildman–Crippen MR) is 111 cm³/mol. The van der Waals surface area contributed by atoms with E-state index < -0.39 is 5.82 Å². The molecule has 2 aromatic carbocycles. The van der Waals surface area contributed by atoms with E-state index in [-0.39, 0.29) is 23.7 Å². The lowest BCUT2D eigenvalue weighted by molar-refractivity contribution is -0.126. The Balaban J connectivity index is 1.78. The van der Waals surface area contributed by atoms with Crippen molar-refractivity contribution in [2.75, 3.05) is 40.3 Å². The van der Waals surface area contributed by atoms with Crippen molar-refractivity contribution in [3.8, 4) is 0 Å². The van der Waals surface area contributed by atoms with Crippen LogP contribution in [0.4, 0.5) is 4.39 Å². The maximum Gasteiger partial charge on any atom is 0.253 e. The van der Waals surface area contributed by atoms with Gasteiger partial charge in [-0.2, -0.15) is 0 Å². The molecule has 0 saturated carbocycles. The lowest BCUT2D eigenvalue weighted by atomic mass is 9.83. The third-order valence-corrected chi connectivity index (χ3v) is 5.31. The first kappa shape index (κ1) is 21.0. The smallest absolute Gasteiger partial charge is 0.253 e. The Kier molecular flexibility index (Phi) is 6.99. The van der Waals surface area contributed by atoms with E-state index in [1.807, 2.05) is 49.3 Å². The van der Waals surface area contributed by atoms with E-state index in [9.17, 15) is 14.0 Å². The normalized spacial score (nSPS) is 19.2. The van der Waals surface area contributed by atoms with Gasteiger partial charge >= 0.3 is 0 Å². The molecule has 1 aliphatic rings. The van der Waals surface area contributed by atoms with E-state index in [0.29, 0.717) is 31.6 Å². The molecule has 29 heavy (non-hydrogen) atoms. The Hall–Kier alpha value is -2.73. The van der Waals surface area contributed by atoms with Crippen molar-refractivity contribution < 1.29 is 14.0 Å². The van der Waals surface area contributed by atoms with Crippen LogP contribution in [0.15, 0.2) is 54.6 Å². The fourth-order valence-electron chi connectivity index (χ4n) is 3.77. The highest BCUT2D eigenvalue weighted by Crippen LogP contribution is 2.31. The molecular weight excluding hydrogens is 369 g/mol. The molecule has 0 unspecified atom stereocenters. The molecule has 0 spiro atoms. The number of hydrogen-bond donors (Lipinski definition) is 1. The molecule has 0 radical (unpaired) electrons. The molecule has 3 rings (SSSR count). The van der Waals surface area contributed by atoms with Gasteiger partial charge in [0.25, 0.3) is 5.91 Å². The first-order chi connectivity index (χ1) is 13.9. The number of likely N-dealkylation sites (tertiary alicyclic amines) is 1. The molecule has 0 bridgehead atoms. The number of carbonyl (C=O) groups excluding carboxylic acids is 2. The molecule has 0 aliphatic carbocycles. The summed E-state index contributed by atoms with van der Waals surface area (Å²) in [4.78, 5) is 29.5. The molecule has 154 valence electrons. The Morgan fingerprint density at radius 1 is 1.10 bits per heavy atom. The minimum absolute atomic E-state index is 0.0375. The van der Waals surface area contributed by atoms with Crippen LogP contribution in [0, 0.1) is 11.7 Å². The van der Waals surface area contributed by atoms with E-state index in [1.54, 1.807) is 11.0 Å². The van der Waals surface area contributed by atoms with Crippen LogP contribution in [0.25, 0.3) is 0 Å². The van der Waals surface area contributed by atoms with E-state index in [4.69, 9.17) is 0 Å². The molecular formula is C23H28FN3O2. The third kappa shape index (κ3) is 5.64. The van der Waals surface area contributed by atoms with Gasteiger partial charge in [-0.05, 0) is 44.3 Å². The van der Waals surface area contributed by atoms with Gasteiger partial charge in [-0.25, -0.2) is 4.39 Å². The number of nitrogens with zero attached hydrogens (tertiary/aromatic N) is 2. The zero-order valence-electron chi connectivity index (χ0n) is 17.0. The molecule has 2 atom stereocenters. The Morgan fingerprint density at radius 2 is 1.86 bits per heavy atom. The summed E-state index contributed by atoms with van der Waals surface area (Å²) in [5.41, 5.74) is 1.42. The summed E-state index contributed by atoms with van der Waals surface area (Å²) in [6.07, 6.45) is 0.685. The number of rotatable bonds is 6. The van der Waals surface area contributed by atoms with Gasteiger partial charge in [0.05, 0.1) is 5.92 Å². The van der Waals surface area contributed by atoms with Crippen molar-refractivity contribution in [1.29, 1.82) is 0 Å². The van der Waals surface area contributed by atoms with Crippen LogP contribution >= 0.6 is 0 Å². The van der Waals surface area contributed by atoms with Gasteiger partial charge in [-0.1, -0.05) is 36.4 Å². The Bertz CT molecular complexity index is 841. The highest BCUT2D eigenvalue weighted by molar-refractivity contribution is 5.94. The highest BCUT2D eigenvalue weighted by atomic mass is 19.1. The zero-order chi connectivity index (χ0) is 20.8. The first-order valence-corrected chi connectivity index (χ1v) is 9.96. The van der Waals surface area contributed by atoms with Crippen LogP contribution in [0.5, 0.6) is 0 Å². The van der Waals surface area contributed by atoms with Crippen molar-refractivity contribution >= 4 is 11.8 Å². The van der Waals surface area contributed by atoms with Gasteiger partial charge in [0, 0.05) is 37.7 Å². The van der Waals surface area contributed by atoms with E-state index in [2.05, 4.69) is 5.32 Å². The number of carbonyl (C=O) groups is 2. The molecule has 2 aromatic rings. The van der Waals surface area contributed by atoms with Crippen LogP contribution in [0.3, 0.4) is 0 Å². The first-order valence-electron chi connectivity index (χ1n) is 9.96. The maximum atomic E-state index is 13.6. The molecule has 1 aliphatic heterocycles. The van der Waals surface area contributed by atoms with Crippen molar-refractivity contribution in [2.24, 2.45) is 5.92 Å². The number of likely N-dealkylation sites (N-methyl/N-ethyl adjacent to an activating group) is 1. The third-order valence-electron chi connectivity index (χ3n) is 5.31. The lowest BCUT2D eigenvalue weighted by Gasteiger charge is -2.37. The largest absolute Gasteiger partial charge is 0.355 e. The quantitative estimate of drug-likeness (QED) is 0.816. The van der Waals surface area contributed by atoms with Crippen LogP contribution in [-0.4, -0.2) is 61.9 Å². The highest BCUT2D eigenvalue weighted by Gasteiger charge is 2.34. The average Bonchev–Trinajstić information content (AvgIpc) is 2.73. The van der Waals surface area contributed by atoms with E-state index in [0.717, 1.165) is 12.1 Å². The van der Waals surface area contributed by atoms with Crippen molar-refractivity contribution in [1.82, 2.24) is 15.1 Å². The number of amides is 2. The number of benzene rings is 2. The van der Waals surface area contributed by atoms with Gasteiger partial charge in [-0.3, -0.25) is 9.59 Å². The molecule has 6 heteroatoms. The second-order valence-electron chi connectivity index (χ2n) is 7.86. The minimum Gasteiger partial charge on any atom is -0.355 e. The van der Waals surface area contributed by atoms with Gasteiger partial charge in [0.2, 0.25) is 5.91 Å². The van der Waals surface area contributed by atoms with Crippen molar-refractivity contribution in [3.05, 3.63) is 71.5 Å². The van der Waals surface area contributed by atoms with E-state index in [1.165, 1.54) is 18.2 Å². The second-order valence-corrected chi connectivity index (χ2v) is 7.86. The molecule has 5 nitrogen and oxygen atoms in total. The van der Waals surface area contributed by atoms with Crippen molar-refractivity contribution in [2.45, 2.75) is 12.3 Å². The summed E-state index contributed by atoms with van der Waals surface area (Å²) in [7, 11) is 3.91. The van der Waals surface area contributed by atoms with E-state index >= 15 is 0 Å². The van der Waals surface area contributed by atoms with Gasteiger partial charge in [0.15, 0.2) is 0 Å². The SMILES string of the molecule is CN(C)CCNC(=O)[C@H]1C[C@@H](c2ccccc2)CN(C(=O)c2cccc(F)c2)C1. The predicted octanol–water partition coefficient (Wildman–Crippen LogP) is 2.75. The lowest BCUT2D eigenvalue weighted by Crippen LogP contribution is -2.48. The van der Waals surface area contributed by atoms with Crippen LogP contribution in [-0.2, 0) is 4.79 Å². The fourth-order valence-corrected chi connectivity index (χ4v) is 3.77. The van der Waals surface area contributed by atoms with Crippen LogP contribution in [0.1, 0.15) is 28.3 Å². The summed E-state index contributed by atoms with van der Waals surface area (Å²) in [5.74, 6) is -0.952. The van der Waals surface area contributed by atoms with Crippen LogP contribution < -0.4 is 5.32 Å². The van der Waals surface area contributed by atoms with Gasteiger partial charge in [0.1, 0.15) is 5.82 Å². The maximum absolute atomic E-state index is 13.6. The zero-order valence-corrected chi connectivity index (χ0v) is 17.0. The molecule has 0 aromatic heterocycles. The Labute approximate surface area is 171 Å². The summed E-state index contributed by atoms with van der Waals surface area (Å²) in [6, 6.07) is 15.7. The molecule has 1 N–H and O–H groups in total. The standard InChI is InChI=1S/C23H28FN3O2/c1-26(2)12-11-25-22(28)20-13-19(17-7-4-3-5-8-17)15-27(16-20)23(29)18-9-6-10-21(24)14-18/h3-10,14,19-20H,11-13,15-16H2,1-2H3,(H,25,28)/t19-,20+/m1/s1. The number of nitrogens with one attached hydrogen (secondary N) is 1. The topological polar surface area (TPSA) is 52.7 Å². The van der Waals surface area contributed by atoms with Crippen LogP contribution in [0.2, 0.25) is 0 Å². The summed E-state index contributed by atoms with van der Waals surface area (Å²) in [5, 5.41) is 2.99. The molecule has 1 saturated heterocycles. The van der Waals surface area contributed by atoms with Gasteiger partial charge < -0.3 is 15.1 Å². The summed E-state index contributed by atoms with van der Waals surface area (Å²) in [6.45, 7) is 2.18. The molecule has 1 fully saturated rings. The number of hydrogen-bond acceptors (Lipinski definition) is 3.